The summed E-state index contributed by atoms with van der Waals surface area (Å²) in [7, 11) is -1.10. The van der Waals surface area contributed by atoms with Crippen LogP contribution in [0, 0.1) is 5.92 Å². The van der Waals surface area contributed by atoms with Gasteiger partial charge in [0.25, 0.3) is 0 Å². The number of aliphatic hydroxyl groups is 2. The minimum Gasteiger partial charge on any atom is -0.493 e. The van der Waals surface area contributed by atoms with Crippen molar-refractivity contribution in [2.45, 2.75) is 42.4 Å². The number of fused-ring (bicyclic) bond motifs is 1. The van der Waals surface area contributed by atoms with Crippen molar-refractivity contribution in [3.8, 4) is 11.5 Å². The van der Waals surface area contributed by atoms with Crippen LogP contribution < -0.4 is 19.5 Å². The first-order valence-electron chi connectivity index (χ1n) is 12.7. The van der Waals surface area contributed by atoms with E-state index in [-0.39, 0.29) is 29.5 Å². The topological polar surface area (TPSA) is 134 Å². The molecule has 3 aromatic rings. The Bertz CT molecular complexity index is 1380. The lowest BCUT2D eigenvalue weighted by Crippen LogP contribution is -2.41. The molecule has 9 nitrogen and oxygen atoms in total. The SMILES string of the molecule is COc1ccc(S(=O)(=O)NC[C@@H](O)C[C@@H](Cc2ccccc2)C(=O)N[C@H]2c3ccccc3C[C@H]2O)cc1OC. The van der Waals surface area contributed by atoms with E-state index in [0.29, 0.717) is 18.6 Å². The zero-order valence-corrected chi connectivity index (χ0v) is 22.7. The van der Waals surface area contributed by atoms with Crippen LogP contribution in [0.25, 0.3) is 0 Å². The van der Waals surface area contributed by atoms with Gasteiger partial charge in [0, 0.05) is 24.9 Å². The maximum absolute atomic E-state index is 13.5. The lowest BCUT2D eigenvalue weighted by atomic mass is 9.92. The average Bonchev–Trinajstić information content (AvgIpc) is 3.26. The molecule has 0 fully saturated rings. The number of carbonyl (C=O) groups excluding carboxylic acids is 1. The van der Waals surface area contributed by atoms with Crippen LogP contribution in [0.5, 0.6) is 11.5 Å². The molecule has 0 heterocycles. The predicted molar refractivity (Wildman–Crippen MR) is 146 cm³/mol. The van der Waals surface area contributed by atoms with E-state index in [2.05, 4.69) is 10.0 Å². The molecule has 0 bridgehead atoms. The molecule has 0 saturated heterocycles. The van der Waals surface area contributed by atoms with Gasteiger partial charge in [0.05, 0.1) is 37.4 Å². The summed E-state index contributed by atoms with van der Waals surface area (Å²) in [6, 6.07) is 20.6. The lowest BCUT2D eigenvalue weighted by molar-refractivity contribution is -0.127. The molecule has 208 valence electrons. The predicted octanol–water partition coefficient (Wildman–Crippen LogP) is 2.37. The highest BCUT2D eigenvalue weighted by Gasteiger charge is 2.34. The standard InChI is InChI=1S/C29H34N2O7S/c1-37-26-13-12-23(17-27(26)38-2)39(35,36)30-18-22(32)15-21(14-19-8-4-3-5-9-19)29(34)31-28-24-11-7-6-10-20(24)16-25(28)33/h3-13,17,21-22,25,28,30,32-33H,14-16,18H2,1-2H3,(H,31,34)/t21-,22+,25-,28+/m1/s1. The Hall–Kier alpha value is -3.44. The van der Waals surface area contributed by atoms with Crippen LogP contribution in [-0.4, -0.2) is 57.5 Å². The minimum atomic E-state index is -3.97. The molecule has 4 atom stereocenters. The van der Waals surface area contributed by atoms with Crippen LogP contribution in [0.4, 0.5) is 0 Å². The van der Waals surface area contributed by atoms with Crippen LogP contribution in [0.2, 0.25) is 0 Å². The fourth-order valence-corrected chi connectivity index (χ4v) is 5.97. The van der Waals surface area contributed by atoms with Gasteiger partial charge in [0.15, 0.2) is 11.5 Å². The summed E-state index contributed by atoms with van der Waals surface area (Å²) >= 11 is 0. The molecule has 4 rings (SSSR count). The monoisotopic (exact) mass is 554 g/mol. The minimum absolute atomic E-state index is 0.0135. The van der Waals surface area contributed by atoms with E-state index in [4.69, 9.17) is 9.47 Å². The molecular weight excluding hydrogens is 520 g/mol. The van der Waals surface area contributed by atoms with Crippen molar-refractivity contribution in [3.63, 3.8) is 0 Å². The number of amides is 1. The Kier molecular flexibility index (Phi) is 9.24. The molecule has 0 radical (unpaired) electrons. The van der Waals surface area contributed by atoms with Crippen molar-refractivity contribution >= 4 is 15.9 Å². The summed E-state index contributed by atoms with van der Waals surface area (Å²) in [5.74, 6) is -0.327. The summed E-state index contributed by atoms with van der Waals surface area (Å²) in [6.07, 6.45) is -1.08. The van der Waals surface area contributed by atoms with E-state index in [0.717, 1.165) is 16.7 Å². The van der Waals surface area contributed by atoms with Crippen LogP contribution in [-0.2, 0) is 27.7 Å². The van der Waals surface area contributed by atoms with E-state index < -0.39 is 34.2 Å². The molecule has 4 N–H and O–H groups in total. The van der Waals surface area contributed by atoms with Gasteiger partial charge in [-0.2, -0.15) is 0 Å². The quantitative estimate of drug-likeness (QED) is 0.270. The molecule has 10 heteroatoms. The smallest absolute Gasteiger partial charge is 0.240 e. The van der Waals surface area contributed by atoms with Gasteiger partial charge in [-0.25, -0.2) is 13.1 Å². The lowest BCUT2D eigenvalue weighted by Gasteiger charge is -2.24. The second kappa shape index (κ2) is 12.6. The molecule has 0 spiro atoms. The van der Waals surface area contributed by atoms with Gasteiger partial charge < -0.3 is 25.0 Å². The van der Waals surface area contributed by atoms with Gasteiger partial charge in [-0.1, -0.05) is 54.6 Å². The van der Waals surface area contributed by atoms with Gasteiger partial charge in [-0.15, -0.1) is 0 Å². The number of benzene rings is 3. The number of sulfonamides is 1. The Labute approximate surface area is 228 Å². The average molecular weight is 555 g/mol. The van der Waals surface area contributed by atoms with Gasteiger partial charge in [0.1, 0.15) is 0 Å². The van der Waals surface area contributed by atoms with E-state index in [1.807, 2.05) is 54.6 Å². The molecule has 0 aromatic heterocycles. The summed E-state index contributed by atoms with van der Waals surface area (Å²) in [6.45, 7) is -0.288. The first-order chi connectivity index (χ1) is 18.7. The van der Waals surface area contributed by atoms with Crippen LogP contribution >= 0.6 is 0 Å². The van der Waals surface area contributed by atoms with Crippen molar-refractivity contribution < 1.29 is 32.9 Å². The number of hydrogen-bond acceptors (Lipinski definition) is 7. The second-order valence-electron chi connectivity index (χ2n) is 9.60. The van der Waals surface area contributed by atoms with Gasteiger partial charge in [-0.3, -0.25) is 4.79 Å². The van der Waals surface area contributed by atoms with Crippen molar-refractivity contribution in [1.29, 1.82) is 0 Å². The molecule has 0 aliphatic heterocycles. The normalized spacial score (nSPS) is 18.2. The fraction of sp³-hybridized carbons (Fsp3) is 0.345. The zero-order chi connectivity index (χ0) is 28.0. The summed E-state index contributed by atoms with van der Waals surface area (Å²) in [5.41, 5.74) is 2.77. The summed E-state index contributed by atoms with van der Waals surface area (Å²) in [4.78, 5) is 13.4. The van der Waals surface area contributed by atoms with Gasteiger partial charge in [0.2, 0.25) is 15.9 Å². The molecule has 39 heavy (non-hydrogen) atoms. The van der Waals surface area contributed by atoms with Crippen molar-refractivity contribution in [3.05, 3.63) is 89.5 Å². The van der Waals surface area contributed by atoms with Crippen molar-refractivity contribution in [2.24, 2.45) is 5.92 Å². The highest BCUT2D eigenvalue weighted by molar-refractivity contribution is 7.89. The number of carbonyl (C=O) groups is 1. The van der Waals surface area contributed by atoms with Crippen molar-refractivity contribution in [1.82, 2.24) is 10.0 Å². The third-order valence-electron chi connectivity index (χ3n) is 6.93. The molecule has 1 amide bonds. The van der Waals surface area contributed by atoms with Crippen LogP contribution in [0.15, 0.2) is 77.7 Å². The van der Waals surface area contributed by atoms with E-state index in [1.165, 1.54) is 32.4 Å². The van der Waals surface area contributed by atoms with Gasteiger partial charge in [-0.05, 0) is 41.7 Å². The Morgan fingerprint density at radius 1 is 1.00 bits per heavy atom. The molecule has 0 unspecified atom stereocenters. The number of rotatable bonds is 12. The highest BCUT2D eigenvalue weighted by Crippen LogP contribution is 2.32. The van der Waals surface area contributed by atoms with E-state index in [9.17, 15) is 23.4 Å². The molecule has 1 aliphatic rings. The van der Waals surface area contributed by atoms with E-state index >= 15 is 0 Å². The maximum Gasteiger partial charge on any atom is 0.240 e. The van der Waals surface area contributed by atoms with Crippen LogP contribution in [0.1, 0.15) is 29.2 Å². The number of methoxy groups -OCH3 is 2. The number of hydrogen-bond donors (Lipinski definition) is 4. The second-order valence-corrected chi connectivity index (χ2v) is 11.4. The fourth-order valence-electron chi connectivity index (χ4n) is 4.89. The first kappa shape index (κ1) is 28.6. The number of ether oxygens (including phenoxy) is 2. The third-order valence-corrected chi connectivity index (χ3v) is 8.35. The largest absolute Gasteiger partial charge is 0.493 e. The molecule has 0 saturated carbocycles. The third kappa shape index (κ3) is 6.96. The Balaban J connectivity index is 1.45. The molecule has 1 aliphatic carbocycles. The Morgan fingerprint density at radius 3 is 2.41 bits per heavy atom. The molecule has 3 aromatic carbocycles. The first-order valence-corrected chi connectivity index (χ1v) is 14.2. The maximum atomic E-state index is 13.5. The molecular formula is C29H34N2O7S. The zero-order valence-electron chi connectivity index (χ0n) is 21.9. The Morgan fingerprint density at radius 2 is 1.69 bits per heavy atom. The van der Waals surface area contributed by atoms with Gasteiger partial charge >= 0.3 is 0 Å². The summed E-state index contributed by atoms with van der Waals surface area (Å²) in [5, 5.41) is 24.4. The van der Waals surface area contributed by atoms with Crippen LogP contribution in [0.3, 0.4) is 0 Å². The number of aliphatic hydroxyl groups excluding tert-OH is 2. The highest BCUT2D eigenvalue weighted by atomic mass is 32.2. The van der Waals surface area contributed by atoms with E-state index in [1.54, 1.807) is 0 Å². The number of nitrogens with one attached hydrogen (secondary N) is 2. The van der Waals surface area contributed by atoms with Crippen molar-refractivity contribution in [2.75, 3.05) is 20.8 Å². The summed E-state index contributed by atoms with van der Waals surface area (Å²) < 4.78 is 38.5.